The highest BCUT2D eigenvalue weighted by Crippen LogP contribution is 2.45. The number of hydrogen-bond donors (Lipinski definition) is 0. The highest BCUT2D eigenvalue weighted by Gasteiger charge is 2.36. The van der Waals surface area contributed by atoms with Crippen LogP contribution in [0.1, 0.15) is 96.8 Å². The number of rotatable bonds is 5. The van der Waals surface area contributed by atoms with Crippen molar-refractivity contribution < 1.29 is 0 Å². The smallest absolute Gasteiger partial charge is 0.0708 e. The molecule has 3 aliphatic carbocycles. The molecule has 0 radical (unpaired) electrons. The van der Waals surface area contributed by atoms with Crippen molar-refractivity contribution >= 4 is 6.71 Å². The molecule has 0 nitrogen and oxygen atoms in total. The Balaban J connectivity index is 1.61. The Morgan fingerprint density at radius 2 is 1.10 bits per heavy atom. The molecule has 3 saturated carbocycles. The molecular formula is C20H37B. The highest BCUT2D eigenvalue weighted by atomic mass is 14.3. The normalized spacial score (nSPS) is 27.9. The molecule has 0 amide bonds. The third kappa shape index (κ3) is 4.29. The summed E-state index contributed by atoms with van der Waals surface area (Å²) in [6.07, 6.45) is 23.2. The zero-order valence-corrected chi connectivity index (χ0v) is 14.5. The van der Waals surface area contributed by atoms with E-state index in [4.69, 9.17) is 0 Å². The molecule has 0 aromatic carbocycles. The molecule has 3 fully saturated rings. The molecule has 0 N–H and O–H groups in total. The molecule has 21 heavy (non-hydrogen) atoms. The molecule has 1 unspecified atom stereocenters. The SMILES string of the molecule is CC(CB(C1CCCCC1)C1CCCCC1)C1CCCC1. The first-order chi connectivity index (χ1) is 10.3. The molecule has 0 saturated heterocycles. The average Bonchev–Trinajstić information content (AvgIpc) is 3.09. The van der Waals surface area contributed by atoms with Gasteiger partial charge in [-0.1, -0.05) is 115 Å². The van der Waals surface area contributed by atoms with E-state index in [9.17, 15) is 0 Å². The van der Waals surface area contributed by atoms with Crippen LogP contribution >= 0.6 is 0 Å². The topological polar surface area (TPSA) is 0 Å². The summed E-state index contributed by atoms with van der Waals surface area (Å²) in [6, 6.07) is 0. The first kappa shape index (κ1) is 15.9. The Bertz CT molecular complexity index is 264. The van der Waals surface area contributed by atoms with E-state index in [1.54, 1.807) is 44.8 Å². The van der Waals surface area contributed by atoms with Crippen LogP contribution in [0.2, 0.25) is 18.0 Å². The summed E-state index contributed by atoms with van der Waals surface area (Å²) < 4.78 is 0. The molecule has 0 spiro atoms. The maximum absolute atomic E-state index is 2.61. The van der Waals surface area contributed by atoms with Crippen LogP contribution in [0, 0.1) is 11.8 Å². The van der Waals surface area contributed by atoms with Crippen molar-refractivity contribution in [3.63, 3.8) is 0 Å². The van der Waals surface area contributed by atoms with E-state index >= 15 is 0 Å². The van der Waals surface area contributed by atoms with Crippen LogP contribution < -0.4 is 0 Å². The quantitative estimate of drug-likeness (QED) is 0.479. The van der Waals surface area contributed by atoms with Gasteiger partial charge in [-0.25, -0.2) is 0 Å². The zero-order chi connectivity index (χ0) is 14.5. The van der Waals surface area contributed by atoms with Crippen LogP contribution in [0.4, 0.5) is 0 Å². The van der Waals surface area contributed by atoms with Crippen molar-refractivity contribution in [3.8, 4) is 0 Å². The van der Waals surface area contributed by atoms with E-state index in [1.807, 2.05) is 0 Å². The van der Waals surface area contributed by atoms with Gasteiger partial charge in [0.15, 0.2) is 0 Å². The first-order valence-electron chi connectivity index (χ1n) is 10.3. The van der Waals surface area contributed by atoms with Crippen LogP contribution in [0.3, 0.4) is 0 Å². The summed E-state index contributed by atoms with van der Waals surface area (Å²) in [7, 11) is 0. The molecular weight excluding hydrogens is 251 g/mol. The lowest BCUT2D eigenvalue weighted by molar-refractivity contribution is 0.383. The summed E-state index contributed by atoms with van der Waals surface area (Å²) in [5, 5.41) is 0. The summed E-state index contributed by atoms with van der Waals surface area (Å²) in [4.78, 5) is 0. The van der Waals surface area contributed by atoms with Gasteiger partial charge in [-0.05, 0) is 11.8 Å². The minimum atomic E-state index is 1.02. The lowest BCUT2D eigenvalue weighted by Gasteiger charge is -2.38. The minimum Gasteiger partial charge on any atom is -0.0708 e. The summed E-state index contributed by atoms with van der Waals surface area (Å²) >= 11 is 0. The van der Waals surface area contributed by atoms with E-state index in [1.165, 1.54) is 51.4 Å². The second kappa shape index (κ2) is 8.07. The Morgan fingerprint density at radius 3 is 1.57 bits per heavy atom. The Hall–Kier alpha value is 0.0649. The molecule has 0 heterocycles. The van der Waals surface area contributed by atoms with Crippen molar-refractivity contribution in [1.29, 1.82) is 0 Å². The Kier molecular flexibility index (Phi) is 6.12. The van der Waals surface area contributed by atoms with E-state index in [2.05, 4.69) is 6.92 Å². The molecule has 0 aromatic rings. The monoisotopic (exact) mass is 288 g/mol. The van der Waals surface area contributed by atoms with Crippen molar-refractivity contribution in [2.24, 2.45) is 11.8 Å². The third-order valence-electron chi connectivity index (χ3n) is 7.36. The van der Waals surface area contributed by atoms with Crippen LogP contribution in [0.25, 0.3) is 0 Å². The van der Waals surface area contributed by atoms with Crippen molar-refractivity contribution in [2.45, 2.75) is 115 Å². The van der Waals surface area contributed by atoms with Gasteiger partial charge < -0.3 is 0 Å². The highest BCUT2D eigenvalue weighted by molar-refractivity contribution is 6.62. The van der Waals surface area contributed by atoms with Gasteiger partial charge in [-0.2, -0.15) is 0 Å². The average molecular weight is 288 g/mol. The second-order valence-corrected chi connectivity index (χ2v) is 8.72. The molecule has 3 rings (SSSR count). The van der Waals surface area contributed by atoms with Gasteiger partial charge in [0.2, 0.25) is 0 Å². The molecule has 120 valence electrons. The van der Waals surface area contributed by atoms with Crippen molar-refractivity contribution in [1.82, 2.24) is 0 Å². The van der Waals surface area contributed by atoms with Gasteiger partial charge in [0.05, 0.1) is 0 Å². The van der Waals surface area contributed by atoms with Crippen molar-refractivity contribution in [3.05, 3.63) is 0 Å². The van der Waals surface area contributed by atoms with Gasteiger partial charge in [0.25, 0.3) is 0 Å². The van der Waals surface area contributed by atoms with Gasteiger partial charge in [0.1, 0.15) is 6.71 Å². The molecule has 1 atom stereocenters. The molecule has 0 aliphatic heterocycles. The summed E-state index contributed by atoms with van der Waals surface area (Å²) in [5.74, 6) is 4.30. The van der Waals surface area contributed by atoms with Gasteiger partial charge >= 0.3 is 0 Å². The molecule has 0 aromatic heterocycles. The summed E-state index contributed by atoms with van der Waals surface area (Å²) in [5.41, 5.74) is 0. The maximum atomic E-state index is 2.61. The van der Waals surface area contributed by atoms with Crippen molar-refractivity contribution in [2.75, 3.05) is 0 Å². The van der Waals surface area contributed by atoms with E-state index in [0.717, 1.165) is 30.2 Å². The standard InChI is InChI=1S/C20H37B/c1-17(18-10-8-9-11-18)16-21(19-12-4-2-5-13-19)20-14-6-3-7-15-20/h17-20H,2-16H2,1H3. The predicted molar refractivity (Wildman–Crippen MR) is 95.4 cm³/mol. The van der Waals surface area contributed by atoms with E-state index in [-0.39, 0.29) is 0 Å². The van der Waals surface area contributed by atoms with E-state index < -0.39 is 0 Å². The first-order valence-corrected chi connectivity index (χ1v) is 10.3. The second-order valence-electron chi connectivity index (χ2n) is 8.72. The van der Waals surface area contributed by atoms with Crippen LogP contribution in [-0.2, 0) is 0 Å². The third-order valence-corrected chi connectivity index (χ3v) is 7.36. The fraction of sp³-hybridized carbons (Fsp3) is 1.00. The largest absolute Gasteiger partial charge is 0.146 e. The lowest BCUT2D eigenvalue weighted by Crippen LogP contribution is -2.32. The predicted octanol–water partition coefficient (Wildman–Crippen LogP) is 6.98. The Labute approximate surface area is 133 Å². The zero-order valence-electron chi connectivity index (χ0n) is 14.5. The van der Waals surface area contributed by atoms with Crippen LogP contribution in [0.15, 0.2) is 0 Å². The van der Waals surface area contributed by atoms with Gasteiger partial charge in [0, 0.05) is 0 Å². The van der Waals surface area contributed by atoms with Gasteiger partial charge in [-0.3, -0.25) is 0 Å². The van der Waals surface area contributed by atoms with Gasteiger partial charge in [-0.15, -0.1) is 0 Å². The maximum Gasteiger partial charge on any atom is 0.146 e. The van der Waals surface area contributed by atoms with Crippen LogP contribution in [-0.4, -0.2) is 6.71 Å². The number of hydrogen-bond acceptors (Lipinski definition) is 0. The Morgan fingerprint density at radius 1 is 0.667 bits per heavy atom. The fourth-order valence-corrected chi connectivity index (χ4v) is 6.04. The van der Waals surface area contributed by atoms with E-state index in [0.29, 0.717) is 0 Å². The van der Waals surface area contributed by atoms with Crippen LogP contribution in [0.5, 0.6) is 0 Å². The summed E-state index contributed by atoms with van der Waals surface area (Å²) in [6.45, 7) is 3.70. The molecule has 3 aliphatic rings. The fourth-order valence-electron chi connectivity index (χ4n) is 6.04. The molecule has 0 bridgehead atoms. The molecule has 1 heteroatoms. The minimum absolute atomic E-state index is 1.02. The lowest BCUT2D eigenvalue weighted by atomic mass is 9.27.